The van der Waals surface area contributed by atoms with Gasteiger partial charge >= 0.3 is 0 Å². The Morgan fingerprint density at radius 1 is 1.50 bits per heavy atom. The molecule has 0 aliphatic rings. The lowest BCUT2D eigenvalue weighted by atomic mass is 10.2. The van der Waals surface area contributed by atoms with Crippen molar-refractivity contribution in [3.05, 3.63) is 23.8 Å². The van der Waals surface area contributed by atoms with Gasteiger partial charge in [-0.15, -0.1) is 12.6 Å². The van der Waals surface area contributed by atoms with E-state index in [0.29, 0.717) is 4.90 Å². The van der Waals surface area contributed by atoms with Gasteiger partial charge in [0.15, 0.2) is 0 Å². The molecule has 50 valence electrons. The van der Waals surface area contributed by atoms with Gasteiger partial charge in [-0.25, -0.2) is 0 Å². The van der Waals surface area contributed by atoms with Crippen LogP contribution < -0.4 is 0 Å². The molecule has 0 aliphatic heterocycles. The zero-order chi connectivity index (χ0) is 7.56. The minimum atomic E-state index is -0.0185. The number of phenolic OH excluding ortho intramolecular Hbond substituents is 1. The maximum absolute atomic E-state index is 9.02. The Morgan fingerprint density at radius 3 is 2.60 bits per heavy atom. The summed E-state index contributed by atoms with van der Waals surface area (Å²) in [5.41, 5.74) is 0.228. The number of phenols is 1. The molecule has 1 aromatic carbocycles. The summed E-state index contributed by atoms with van der Waals surface area (Å²) in [7, 11) is 0. The molecule has 0 radical (unpaired) electrons. The van der Waals surface area contributed by atoms with Crippen LogP contribution in [0.5, 0.6) is 5.75 Å². The molecule has 0 saturated carbocycles. The van der Waals surface area contributed by atoms with Crippen LogP contribution in [0.4, 0.5) is 0 Å². The Morgan fingerprint density at radius 2 is 2.20 bits per heavy atom. The van der Waals surface area contributed by atoms with E-state index < -0.39 is 0 Å². The molecule has 0 aliphatic carbocycles. The second-order valence-electron chi connectivity index (χ2n) is 1.78. The minimum absolute atomic E-state index is 0.0185. The number of rotatable bonds is 0. The summed E-state index contributed by atoms with van der Waals surface area (Å²) in [6.07, 6.45) is 0. The fraction of sp³-hybridized carbons (Fsp3) is 0. The molecule has 0 saturated heterocycles. The maximum atomic E-state index is 9.02. The molecular weight excluding hydrogens is 146 g/mol. The third-order valence-electron chi connectivity index (χ3n) is 1.13. The predicted octanol–water partition coefficient (Wildman–Crippen LogP) is 1.55. The van der Waals surface area contributed by atoms with Crippen LogP contribution >= 0.6 is 12.6 Å². The molecule has 2 nitrogen and oxygen atoms in total. The topological polar surface area (TPSA) is 44.0 Å². The number of benzene rings is 1. The first-order valence-corrected chi connectivity index (χ1v) is 3.11. The van der Waals surface area contributed by atoms with E-state index in [4.69, 9.17) is 10.4 Å². The van der Waals surface area contributed by atoms with Gasteiger partial charge in [-0.05, 0) is 12.1 Å². The average molecular weight is 151 g/mol. The Kier molecular flexibility index (Phi) is 1.83. The van der Waals surface area contributed by atoms with E-state index in [-0.39, 0.29) is 11.3 Å². The number of aromatic hydroxyl groups is 1. The number of nitrogens with zero attached hydrogens (tertiary/aromatic N) is 1. The summed E-state index contributed by atoms with van der Waals surface area (Å²) < 4.78 is 0. The zero-order valence-corrected chi connectivity index (χ0v) is 5.97. The predicted molar refractivity (Wildman–Crippen MR) is 40.1 cm³/mol. The minimum Gasteiger partial charge on any atom is -0.507 e. The van der Waals surface area contributed by atoms with E-state index in [1.54, 1.807) is 12.1 Å². The van der Waals surface area contributed by atoms with E-state index >= 15 is 0 Å². The Balaban J connectivity index is 3.34. The van der Waals surface area contributed by atoms with Crippen molar-refractivity contribution in [2.45, 2.75) is 4.90 Å². The lowest BCUT2D eigenvalue weighted by Gasteiger charge is -1.96. The molecule has 1 N–H and O–H groups in total. The van der Waals surface area contributed by atoms with Gasteiger partial charge in [-0.3, -0.25) is 0 Å². The lowest BCUT2D eigenvalue weighted by molar-refractivity contribution is 0.472. The fourth-order valence-corrected chi connectivity index (χ4v) is 0.893. The lowest BCUT2D eigenvalue weighted by Crippen LogP contribution is -1.77. The van der Waals surface area contributed by atoms with Gasteiger partial charge in [-0.2, -0.15) is 5.26 Å². The molecule has 10 heavy (non-hydrogen) atoms. The van der Waals surface area contributed by atoms with Crippen LogP contribution in [0.15, 0.2) is 23.1 Å². The van der Waals surface area contributed by atoms with Crippen molar-refractivity contribution in [3.8, 4) is 11.8 Å². The molecule has 0 atom stereocenters. The molecule has 3 heteroatoms. The maximum Gasteiger partial charge on any atom is 0.134 e. The van der Waals surface area contributed by atoms with Gasteiger partial charge in [0.05, 0.1) is 0 Å². The van der Waals surface area contributed by atoms with Crippen LogP contribution in [-0.2, 0) is 0 Å². The smallest absolute Gasteiger partial charge is 0.134 e. The van der Waals surface area contributed by atoms with E-state index in [0.717, 1.165) is 0 Å². The summed E-state index contributed by atoms with van der Waals surface area (Å²) in [6, 6.07) is 6.59. The largest absolute Gasteiger partial charge is 0.507 e. The molecular formula is C7H5NOS. The molecule has 0 heterocycles. The third kappa shape index (κ3) is 1.07. The van der Waals surface area contributed by atoms with Gasteiger partial charge in [0.2, 0.25) is 0 Å². The Labute approximate surface area is 64.1 Å². The van der Waals surface area contributed by atoms with Crippen molar-refractivity contribution < 1.29 is 5.11 Å². The van der Waals surface area contributed by atoms with Gasteiger partial charge in [0.25, 0.3) is 0 Å². The van der Waals surface area contributed by atoms with Crippen LogP contribution in [-0.4, -0.2) is 5.11 Å². The molecule has 0 aromatic heterocycles. The highest BCUT2D eigenvalue weighted by molar-refractivity contribution is 7.80. The Bertz CT molecular complexity index is 270. The molecule has 0 unspecified atom stereocenters. The molecule has 0 amide bonds. The summed E-state index contributed by atoms with van der Waals surface area (Å²) in [6.45, 7) is 0. The van der Waals surface area contributed by atoms with E-state index in [1.807, 2.05) is 6.07 Å². The van der Waals surface area contributed by atoms with Crippen molar-refractivity contribution in [2.24, 2.45) is 0 Å². The highest BCUT2D eigenvalue weighted by Crippen LogP contribution is 2.21. The second kappa shape index (κ2) is 2.63. The van der Waals surface area contributed by atoms with Gasteiger partial charge in [0, 0.05) is 4.90 Å². The first kappa shape index (κ1) is 6.97. The van der Waals surface area contributed by atoms with E-state index in [1.165, 1.54) is 6.07 Å². The summed E-state index contributed by atoms with van der Waals surface area (Å²) in [4.78, 5) is 0.502. The number of thiol groups is 1. The normalized spacial score (nSPS) is 8.80. The third-order valence-corrected chi connectivity index (χ3v) is 1.50. The second-order valence-corrected chi connectivity index (χ2v) is 2.26. The highest BCUT2D eigenvalue weighted by atomic mass is 32.1. The zero-order valence-electron chi connectivity index (χ0n) is 5.07. The number of hydrogen-bond donors (Lipinski definition) is 2. The van der Waals surface area contributed by atoms with E-state index in [2.05, 4.69) is 12.6 Å². The SMILES string of the molecule is N#Cc1c(O)cccc1S. The van der Waals surface area contributed by atoms with Crippen molar-refractivity contribution in [1.29, 1.82) is 5.26 Å². The molecule has 0 fully saturated rings. The molecule has 1 rings (SSSR count). The monoisotopic (exact) mass is 151 g/mol. The van der Waals surface area contributed by atoms with Crippen LogP contribution in [0.2, 0.25) is 0 Å². The van der Waals surface area contributed by atoms with Crippen LogP contribution in [0.1, 0.15) is 5.56 Å². The van der Waals surface area contributed by atoms with Crippen molar-refractivity contribution in [2.75, 3.05) is 0 Å². The first-order chi connectivity index (χ1) is 4.75. The van der Waals surface area contributed by atoms with Gasteiger partial charge in [-0.1, -0.05) is 6.07 Å². The molecule has 0 spiro atoms. The van der Waals surface area contributed by atoms with Gasteiger partial charge < -0.3 is 5.11 Å². The van der Waals surface area contributed by atoms with Crippen molar-refractivity contribution >= 4 is 12.6 Å². The standard InChI is InChI=1S/C7H5NOS/c8-4-5-6(9)2-1-3-7(5)10/h1-3,9-10H. The van der Waals surface area contributed by atoms with Crippen LogP contribution in [0.25, 0.3) is 0 Å². The highest BCUT2D eigenvalue weighted by Gasteiger charge is 2.01. The first-order valence-electron chi connectivity index (χ1n) is 2.66. The van der Waals surface area contributed by atoms with E-state index in [9.17, 15) is 0 Å². The van der Waals surface area contributed by atoms with Crippen molar-refractivity contribution in [1.82, 2.24) is 0 Å². The molecule has 0 bridgehead atoms. The van der Waals surface area contributed by atoms with Crippen LogP contribution in [0.3, 0.4) is 0 Å². The fourth-order valence-electron chi connectivity index (χ4n) is 0.643. The summed E-state index contributed by atoms with van der Waals surface area (Å²) >= 11 is 3.97. The van der Waals surface area contributed by atoms with Gasteiger partial charge in [0.1, 0.15) is 17.4 Å². The Hall–Kier alpha value is -1.14. The average Bonchev–Trinajstić information content (AvgIpc) is 1.88. The summed E-state index contributed by atoms with van der Waals surface area (Å²) in [5.74, 6) is -0.0185. The number of nitriles is 1. The van der Waals surface area contributed by atoms with Crippen LogP contribution in [0, 0.1) is 11.3 Å². The molecule has 1 aromatic rings. The van der Waals surface area contributed by atoms with Crippen molar-refractivity contribution in [3.63, 3.8) is 0 Å². The quantitative estimate of drug-likeness (QED) is 0.552. The number of hydrogen-bond acceptors (Lipinski definition) is 3. The summed E-state index contributed by atoms with van der Waals surface area (Å²) in [5, 5.41) is 17.5.